The van der Waals surface area contributed by atoms with Crippen LogP contribution in [0.4, 0.5) is 0 Å². The van der Waals surface area contributed by atoms with Gasteiger partial charge in [0.1, 0.15) is 0 Å². The Morgan fingerprint density at radius 1 is 1.00 bits per heavy atom. The van der Waals surface area contributed by atoms with Crippen molar-refractivity contribution in [3.05, 3.63) is 34.4 Å². The molecule has 1 heterocycles. The number of benzene rings is 1. The Labute approximate surface area is 66.4 Å². The van der Waals surface area contributed by atoms with Crippen LogP contribution in [0.5, 0.6) is 0 Å². The van der Waals surface area contributed by atoms with E-state index in [0.717, 1.165) is 13.1 Å². The maximum absolute atomic E-state index is 3.39. The molecule has 11 heavy (non-hydrogen) atoms. The molecule has 0 saturated carbocycles. The SMILES string of the molecule is c1c2c(cc3c1C3)CNCC2. The molecule has 0 spiro atoms. The molecular weight excluding hydrogens is 134 g/mol. The third kappa shape index (κ3) is 0.809. The summed E-state index contributed by atoms with van der Waals surface area (Å²) in [5.74, 6) is 0. The van der Waals surface area contributed by atoms with Gasteiger partial charge in [-0.15, -0.1) is 0 Å². The Bertz CT molecular complexity index is 284. The van der Waals surface area contributed by atoms with E-state index in [0.29, 0.717) is 0 Å². The van der Waals surface area contributed by atoms with E-state index >= 15 is 0 Å². The highest BCUT2D eigenvalue weighted by atomic mass is 14.9. The molecule has 1 N–H and O–H groups in total. The maximum Gasteiger partial charge on any atom is 0.0208 e. The molecule has 0 atom stereocenters. The highest BCUT2D eigenvalue weighted by Gasteiger charge is 2.20. The third-order valence-electron chi connectivity index (χ3n) is 2.66. The van der Waals surface area contributed by atoms with E-state index in [2.05, 4.69) is 17.4 Å². The first-order valence-electron chi connectivity index (χ1n) is 4.28. The first-order chi connectivity index (χ1) is 5.43. The molecule has 1 aromatic rings. The van der Waals surface area contributed by atoms with Gasteiger partial charge in [-0.2, -0.15) is 0 Å². The third-order valence-corrected chi connectivity index (χ3v) is 2.66. The number of hydrogen-bond acceptors (Lipinski definition) is 1. The van der Waals surface area contributed by atoms with Crippen LogP contribution in [0, 0.1) is 0 Å². The van der Waals surface area contributed by atoms with E-state index in [1.807, 2.05) is 0 Å². The number of fused-ring (bicyclic) bond motifs is 2. The molecule has 1 aliphatic heterocycles. The number of rotatable bonds is 0. The average Bonchev–Trinajstić information content (AvgIpc) is 2.77. The fourth-order valence-corrected chi connectivity index (χ4v) is 1.90. The topological polar surface area (TPSA) is 12.0 Å². The van der Waals surface area contributed by atoms with Gasteiger partial charge in [0, 0.05) is 6.54 Å². The van der Waals surface area contributed by atoms with Crippen molar-refractivity contribution in [2.24, 2.45) is 0 Å². The van der Waals surface area contributed by atoms with Gasteiger partial charge in [-0.3, -0.25) is 0 Å². The summed E-state index contributed by atoms with van der Waals surface area (Å²) in [6.45, 7) is 2.24. The van der Waals surface area contributed by atoms with Crippen LogP contribution in [0.2, 0.25) is 0 Å². The molecule has 1 aliphatic carbocycles. The molecule has 0 amide bonds. The lowest BCUT2D eigenvalue weighted by Gasteiger charge is -2.15. The molecule has 0 radical (unpaired) electrons. The van der Waals surface area contributed by atoms with E-state index in [1.165, 1.54) is 18.4 Å². The summed E-state index contributed by atoms with van der Waals surface area (Å²) in [6.07, 6.45) is 2.48. The average molecular weight is 145 g/mol. The van der Waals surface area contributed by atoms with Gasteiger partial charge in [-0.05, 0) is 41.6 Å². The fraction of sp³-hybridized carbons (Fsp3) is 0.400. The second-order valence-corrected chi connectivity index (χ2v) is 3.49. The van der Waals surface area contributed by atoms with Gasteiger partial charge in [0.05, 0.1) is 0 Å². The van der Waals surface area contributed by atoms with E-state index in [4.69, 9.17) is 0 Å². The minimum atomic E-state index is 1.09. The standard InChI is InChI=1S/C10H11N/c1-2-11-6-10-5-9-4-8(9)3-7(1)10/h3,5,11H,1-2,4,6H2. The largest absolute Gasteiger partial charge is 0.312 e. The summed E-state index contributed by atoms with van der Waals surface area (Å²) >= 11 is 0. The van der Waals surface area contributed by atoms with Gasteiger partial charge >= 0.3 is 0 Å². The summed E-state index contributed by atoms with van der Waals surface area (Å²) in [4.78, 5) is 0. The van der Waals surface area contributed by atoms with E-state index in [9.17, 15) is 0 Å². The Balaban J connectivity index is 2.16. The maximum atomic E-state index is 3.39. The van der Waals surface area contributed by atoms with Crippen LogP contribution in [-0.4, -0.2) is 6.54 Å². The van der Waals surface area contributed by atoms with Crippen molar-refractivity contribution < 1.29 is 0 Å². The van der Waals surface area contributed by atoms with Crippen molar-refractivity contribution in [1.82, 2.24) is 5.32 Å². The molecule has 0 bridgehead atoms. The molecule has 0 saturated heterocycles. The van der Waals surface area contributed by atoms with Gasteiger partial charge in [0.2, 0.25) is 0 Å². The summed E-state index contributed by atoms with van der Waals surface area (Å²) in [5.41, 5.74) is 6.28. The first-order valence-corrected chi connectivity index (χ1v) is 4.28. The monoisotopic (exact) mass is 145 g/mol. The van der Waals surface area contributed by atoms with Gasteiger partial charge < -0.3 is 5.32 Å². The van der Waals surface area contributed by atoms with Gasteiger partial charge in [0.15, 0.2) is 0 Å². The van der Waals surface area contributed by atoms with Crippen LogP contribution in [0.3, 0.4) is 0 Å². The van der Waals surface area contributed by atoms with Gasteiger partial charge in [0.25, 0.3) is 0 Å². The van der Waals surface area contributed by atoms with Crippen molar-refractivity contribution >= 4 is 0 Å². The van der Waals surface area contributed by atoms with E-state index in [-0.39, 0.29) is 0 Å². The quantitative estimate of drug-likeness (QED) is 0.588. The van der Waals surface area contributed by atoms with Crippen molar-refractivity contribution in [2.45, 2.75) is 19.4 Å². The lowest BCUT2D eigenvalue weighted by Crippen LogP contribution is -2.23. The molecule has 1 aromatic carbocycles. The molecule has 1 nitrogen and oxygen atoms in total. The van der Waals surface area contributed by atoms with E-state index < -0.39 is 0 Å². The van der Waals surface area contributed by atoms with Crippen LogP contribution in [-0.2, 0) is 19.4 Å². The van der Waals surface area contributed by atoms with Crippen LogP contribution < -0.4 is 5.32 Å². The zero-order chi connectivity index (χ0) is 7.26. The van der Waals surface area contributed by atoms with Crippen LogP contribution >= 0.6 is 0 Å². The lowest BCUT2D eigenvalue weighted by atomic mass is 10.0. The second-order valence-electron chi connectivity index (χ2n) is 3.49. The molecule has 0 aromatic heterocycles. The Morgan fingerprint density at radius 3 is 2.73 bits per heavy atom. The highest BCUT2D eigenvalue weighted by molar-refractivity contribution is 5.51. The smallest absolute Gasteiger partial charge is 0.0208 e. The number of nitrogens with one attached hydrogen (secondary N) is 1. The van der Waals surface area contributed by atoms with Crippen molar-refractivity contribution in [3.63, 3.8) is 0 Å². The minimum Gasteiger partial charge on any atom is -0.312 e. The van der Waals surface area contributed by atoms with Crippen molar-refractivity contribution in [1.29, 1.82) is 0 Å². The van der Waals surface area contributed by atoms with Crippen LogP contribution in [0.25, 0.3) is 0 Å². The Morgan fingerprint density at radius 2 is 1.82 bits per heavy atom. The molecule has 3 rings (SSSR count). The van der Waals surface area contributed by atoms with E-state index in [1.54, 1.807) is 16.7 Å². The number of hydrogen-bond donors (Lipinski definition) is 1. The predicted molar refractivity (Wildman–Crippen MR) is 44.7 cm³/mol. The molecule has 2 aliphatic rings. The lowest BCUT2D eigenvalue weighted by molar-refractivity contribution is 0.644. The summed E-state index contributed by atoms with van der Waals surface area (Å²) in [5, 5.41) is 3.39. The second kappa shape index (κ2) is 1.86. The summed E-state index contributed by atoms with van der Waals surface area (Å²) in [6, 6.07) is 4.77. The molecule has 0 fully saturated rings. The van der Waals surface area contributed by atoms with Crippen LogP contribution in [0.1, 0.15) is 22.3 Å². The zero-order valence-electron chi connectivity index (χ0n) is 6.48. The fourth-order valence-electron chi connectivity index (χ4n) is 1.90. The first kappa shape index (κ1) is 5.78. The Kier molecular flexibility index (Phi) is 0.977. The Hall–Kier alpha value is -0.820. The zero-order valence-corrected chi connectivity index (χ0v) is 6.48. The van der Waals surface area contributed by atoms with Crippen molar-refractivity contribution in [3.8, 4) is 0 Å². The van der Waals surface area contributed by atoms with Crippen molar-refractivity contribution in [2.75, 3.05) is 6.54 Å². The molecule has 0 unspecified atom stereocenters. The normalized spacial score (nSPS) is 18.9. The van der Waals surface area contributed by atoms with Gasteiger partial charge in [-0.1, -0.05) is 12.1 Å². The predicted octanol–water partition coefficient (Wildman–Crippen LogP) is 1.24. The summed E-state index contributed by atoms with van der Waals surface area (Å²) in [7, 11) is 0. The minimum absolute atomic E-state index is 1.09. The molecule has 1 heteroatoms. The molecular formula is C10H11N. The molecule has 56 valence electrons. The highest BCUT2D eigenvalue weighted by Crippen LogP contribution is 2.31. The van der Waals surface area contributed by atoms with Crippen LogP contribution in [0.15, 0.2) is 12.1 Å². The van der Waals surface area contributed by atoms with Gasteiger partial charge in [-0.25, -0.2) is 0 Å². The summed E-state index contributed by atoms with van der Waals surface area (Å²) < 4.78 is 0.